The summed E-state index contributed by atoms with van der Waals surface area (Å²) in [5, 5.41) is 3.01. The average molecular weight is 289 g/mol. The minimum atomic E-state index is -4.24. The van der Waals surface area contributed by atoms with Gasteiger partial charge in [0.15, 0.2) is 0 Å². The second-order valence-corrected chi connectivity index (χ2v) is 5.05. The Kier molecular flexibility index (Phi) is 5.80. The predicted molar refractivity (Wildman–Crippen MR) is 74.9 cm³/mol. The van der Waals surface area contributed by atoms with Gasteiger partial charge < -0.3 is 10.2 Å². The van der Waals surface area contributed by atoms with Gasteiger partial charge in [0.25, 0.3) is 0 Å². The molecule has 0 saturated heterocycles. The minimum absolute atomic E-state index is 0.265. The van der Waals surface area contributed by atoms with Crippen LogP contribution < -0.4 is 10.2 Å². The molecule has 3 nitrogen and oxygen atoms in total. The number of hydrogen-bond acceptors (Lipinski definition) is 3. The molecule has 0 saturated carbocycles. The van der Waals surface area contributed by atoms with E-state index in [1.807, 2.05) is 20.0 Å². The van der Waals surface area contributed by atoms with Gasteiger partial charge in [-0.15, -0.1) is 0 Å². The first-order chi connectivity index (χ1) is 9.26. The largest absolute Gasteiger partial charge is 0.405 e. The second-order valence-electron chi connectivity index (χ2n) is 5.05. The number of nitrogens with zero attached hydrogens (tertiary/aromatic N) is 2. The second kappa shape index (κ2) is 6.92. The van der Waals surface area contributed by atoms with Crippen LogP contribution >= 0.6 is 0 Å². The van der Waals surface area contributed by atoms with Gasteiger partial charge >= 0.3 is 6.18 Å². The summed E-state index contributed by atoms with van der Waals surface area (Å²) in [6, 6.07) is 3.38. The lowest BCUT2D eigenvalue weighted by Gasteiger charge is -2.29. The number of anilines is 1. The van der Waals surface area contributed by atoms with Gasteiger partial charge in [-0.05, 0) is 45.0 Å². The summed E-state index contributed by atoms with van der Waals surface area (Å²) < 4.78 is 38.1. The molecule has 20 heavy (non-hydrogen) atoms. The molecule has 0 bridgehead atoms. The average Bonchev–Trinajstić information content (AvgIpc) is 2.34. The van der Waals surface area contributed by atoms with E-state index in [1.165, 1.54) is 4.90 Å². The lowest BCUT2D eigenvalue weighted by molar-refractivity contribution is -0.120. The molecule has 0 aliphatic carbocycles. The van der Waals surface area contributed by atoms with Crippen LogP contribution in [0.1, 0.15) is 32.0 Å². The highest BCUT2D eigenvalue weighted by Gasteiger charge is 2.32. The topological polar surface area (TPSA) is 28.2 Å². The number of halogens is 3. The van der Waals surface area contributed by atoms with Gasteiger partial charge in [0.05, 0.1) is 0 Å². The zero-order valence-corrected chi connectivity index (χ0v) is 12.4. The predicted octanol–water partition coefficient (Wildman–Crippen LogP) is 3.14. The van der Waals surface area contributed by atoms with Gasteiger partial charge in [0, 0.05) is 18.3 Å². The Morgan fingerprint density at radius 3 is 2.40 bits per heavy atom. The van der Waals surface area contributed by atoms with Gasteiger partial charge in [-0.2, -0.15) is 13.2 Å². The molecule has 0 amide bonds. The van der Waals surface area contributed by atoms with E-state index >= 15 is 0 Å². The summed E-state index contributed by atoms with van der Waals surface area (Å²) in [5.41, 5.74) is 1.75. The number of nitrogens with one attached hydrogen (secondary N) is 1. The van der Waals surface area contributed by atoms with E-state index in [0.29, 0.717) is 18.8 Å². The molecular weight excluding hydrogens is 267 g/mol. The molecule has 1 aromatic rings. The van der Waals surface area contributed by atoms with Crippen molar-refractivity contribution in [1.82, 2.24) is 10.3 Å². The van der Waals surface area contributed by atoms with Crippen LogP contribution in [-0.4, -0.2) is 30.8 Å². The highest BCUT2D eigenvalue weighted by atomic mass is 19.4. The SMILES string of the molecule is CCc1cc(CNC)cc(N(CC(F)(F)F)C(C)C)n1. The third-order valence-electron chi connectivity index (χ3n) is 2.94. The lowest BCUT2D eigenvalue weighted by atomic mass is 10.1. The third-order valence-corrected chi connectivity index (χ3v) is 2.94. The molecule has 1 N–H and O–H groups in total. The summed E-state index contributed by atoms with van der Waals surface area (Å²) in [7, 11) is 1.81. The summed E-state index contributed by atoms with van der Waals surface area (Å²) >= 11 is 0. The molecule has 1 aromatic heterocycles. The number of alkyl halides is 3. The molecule has 1 rings (SSSR count). The number of rotatable bonds is 6. The lowest BCUT2D eigenvalue weighted by Crippen LogP contribution is -2.39. The summed E-state index contributed by atoms with van der Waals surface area (Å²) in [6.07, 6.45) is -3.54. The van der Waals surface area contributed by atoms with Gasteiger partial charge in [-0.3, -0.25) is 0 Å². The Morgan fingerprint density at radius 1 is 1.30 bits per heavy atom. The first kappa shape index (κ1) is 16.8. The van der Waals surface area contributed by atoms with Gasteiger partial charge in [-0.1, -0.05) is 6.92 Å². The zero-order valence-electron chi connectivity index (χ0n) is 12.4. The fourth-order valence-electron chi connectivity index (χ4n) is 1.99. The first-order valence-electron chi connectivity index (χ1n) is 6.74. The summed E-state index contributed by atoms with van der Waals surface area (Å²) in [4.78, 5) is 5.63. The van der Waals surface area contributed by atoms with Gasteiger partial charge in [0.2, 0.25) is 0 Å². The number of hydrogen-bond donors (Lipinski definition) is 1. The Hall–Kier alpha value is -1.30. The number of pyridine rings is 1. The molecule has 0 aliphatic heterocycles. The fraction of sp³-hybridized carbons (Fsp3) is 0.643. The van der Waals surface area contributed by atoms with Crippen molar-refractivity contribution in [2.75, 3.05) is 18.5 Å². The van der Waals surface area contributed by atoms with E-state index in [1.54, 1.807) is 19.9 Å². The van der Waals surface area contributed by atoms with Crippen molar-refractivity contribution in [2.45, 2.75) is 46.0 Å². The van der Waals surface area contributed by atoms with Crippen molar-refractivity contribution in [3.8, 4) is 0 Å². The number of aryl methyl sites for hydroxylation is 1. The van der Waals surface area contributed by atoms with Crippen LogP contribution in [0, 0.1) is 0 Å². The quantitative estimate of drug-likeness (QED) is 0.872. The monoisotopic (exact) mass is 289 g/mol. The Bertz CT molecular complexity index is 430. The highest BCUT2D eigenvalue weighted by molar-refractivity contribution is 5.44. The van der Waals surface area contributed by atoms with Crippen molar-refractivity contribution < 1.29 is 13.2 Å². The van der Waals surface area contributed by atoms with Crippen molar-refractivity contribution >= 4 is 5.82 Å². The van der Waals surface area contributed by atoms with Crippen LogP contribution in [0.4, 0.5) is 19.0 Å². The van der Waals surface area contributed by atoms with Crippen molar-refractivity contribution in [3.63, 3.8) is 0 Å². The van der Waals surface area contributed by atoms with Crippen LogP contribution in [0.3, 0.4) is 0 Å². The molecule has 0 unspecified atom stereocenters. The molecule has 0 radical (unpaired) electrons. The molecule has 0 aliphatic rings. The van der Waals surface area contributed by atoms with Gasteiger partial charge in [-0.25, -0.2) is 4.98 Å². The van der Waals surface area contributed by atoms with E-state index in [4.69, 9.17) is 0 Å². The Labute approximate surface area is 118 Å². The van der Waals surface area contributed by atoms with Crippen LogP contribution in [0.2, 0.25) is 0 Å². The van der Waals surface area contributed by atoms with Crippen molar-refractivity contribution in [1.29, 1.82) is 0 Å². The highest BCUT2D eigenvalue weighted by Crippen LogP contribution is 2.24. The number of aromatic nitrogens is 1. The maximum Gasteiger partial charge on any atom is 0.405 e. The maximum absolute atomic E-state index is 12.7. The maximum atomic E-state index is 12.7. The molecule has 0 spiro atoms. The zero-order chi connectivity index (χ0) is 15.3. The molecule has 0 atom stereocenters. The molecule has 0 aromatic carbocycles. The Morgan fingerprint density at radius 2 is 1.95 bits per heavy atom. The fourth-order valence-corrected chi connectivity index (χ4v) is 1.99. The summed E-state index contributed by atoms with van der Waals surface area (Å²) in [5.74, 6) is 0.391. The minimum Gasteiger partial charge on any atom is -0.345 e. The van der Waals surface area contributed by atoms with E-state index in [9.17, 15) is 13.2 Å². The third kappa shape index (κ3) is 5.00. The van der Waals surface area contributed by atoms with Crippen LogP contribution in [0.25, 0.3) is 0 Å². The smallest absolute Gasteiger partial charge is 0.345 e. The molecule has 114 valence electrons. The molecule has 0 fully saturated rings. The van der Waals surface area contributed by atoms with E-state index < -0.39 is 12.7 Å². The standard InChI is InChI=1S/C14H22F3N3/c1-5-12-6-11(8-18-4)7-13(19-12)20(10(2)3)9-14(15,16)17/h6-7,10,18H,5,8-9H2,1-4H3. The molecule has 1 heterocycles. The normalized spacial score (nSPS) is 12.0. The van der Waals surface area contributed by atoms with Crippen molar-refractivity contribution in [3.05, 3.63) is 23.4 Å². The van der Waals surface area contributed by atoms with E-state index in [0.717, 1.165) is 11.3 Å². The van der Waals surface area contributed by atoms with Crippen LogP contribution in [-0.2, 0) is 13.0 Å². The van der Waals surface area contributed by atoms with E-state index in [-0.39, 0.29) is 6.04 Å². The van der Waals surface area contributed by atoms with E-state index in [2.05, 4.69) is 10.3 Å². The first-order valence-corrected chi connectivity index (χ1v) is 6.74. The van der Waals surface area contributed by atoms with Crippen molar-refractivity contribution in [2.24, 2.45) is 0 Å². The van der Waals surface area contributed by atoms with Gasteiger partial charge in [0.1, 0.15) is 12.4 Å². The van der Waals surface area contributed by atoms with Crippen LogP contribution in [0.15, 0.2) is 12.1 Å². The van der Waals surface area contributed by atoms with Crippen LogP contribution in [0.5, 0.6) is 0 Å². The molecule has 6 heteroatoms. The Balaban J connectivity index is 3.14. The molecular formula is C14H22F3N3. The summed E-state index contributed by atoms with van der Waals surface area (Å²) in [6.45, 7) is 5.05.